The zero-order valence-electron chi connectivity index (χ0n) is 11.8. The number of nitrogen functional groups attached to an aromatic ring is 1. The average molecular weight is 292 g/mol. The van der Waals surface area contributed by atoms with Gasteiger partial charge >= 0.3 is 0 Å². The van der Waals surface area contributed by atoms with Gasteiger partial charge in [-0.3, -0.25) is 14.7 Å². The molecule has 0 spiro atoms. The molecule has 3 aromatic rings. The highest BCUT2D eigenvalue weighted by Crippen LogP contribution is 2.34. The van der Waals surface area contributed by atoms with E-state index in [0.29, 0.717) is 28.0 Å². The summed E-state index contributed by atoms with van der Waals surface area (Å²) in [5.41, 5.74) is 8.20. The Morgan fingerprint density at radius 3 is 2.50 bits per heavy atom. The Morgan fingerprint density at radius 1 is 1.09 bits per heavy atom. The zero-order valence-corrected chi connectivity index (χ0v) is 11.8. The summed E-state index contributed by atoms with van der Waals surface area (Å²) < 4.78 is 0. The molecule has 0 unspecified atom stereocenters. The third-order valence-electron chi connectivity index (χ3n) is 3.86. The fraction of sp³-hybridized carbons (Fsp3) is 0.0625. The van der Waals surface area contributed by atoms with E-state index in [4.69, 9.17) is 5.73 Å². The van der Waals surface area contributed by atoms with Crippen LogP contribution in [0.25, 0.3) is 10.8 Å². The number of nitrogens with zero attached hydrogens (tertiary/aromatic N) is 2. The van der Waals surface area contributed by atoms with Crippen molar-refractivity contribution in [3.8, 4) is 0 Å². The summed E-state index contributed by atoms with van der Waals surface area (Å²) in [6.45, 7) is 1.81. The topological polar surface area (TPSA) is 92.1 Å². The minimum absolute atomic E-state index is 0.298. The second-order valence-corrected chi connectivity index (χ2v) is 5.29. The molecular formula is C16H12N4O2. The Bertz CT molecular complexity index is 936. The van der Waals surface area contributed by atoms with Gasteiger partial charge in [0.2, 0.25) is 0 Å². The number of nitrogens with two attached hydrogens (primary N) is 1. The summed E-state index contributed by atoms with van der Waals surface area (Å²) in [5, 5.41) is 8.11. The molecular weight excluding hydrogens is 280 g/mol. The molecule has 0 saturated carbocycles. The van der Waals surface area contributed by atoms with E-state index in [0.717, 1.165) is 16.0 Å². The van der Waals surface area contributed by atoms with Crippen LogP contribution in [0.4, 0.5) is 11.5 Å². The van der Waals surface area contributed by atoms with Gasteiger partial charge in [0.1, 0.15) is 0 Å². The average Bonchev–Trinajstić information content (AvgIpc) is 2.92. The first-order valence-corrected chi connectivity index (χ1v) is 6.80. The monoisotopic (exact) mass is 292 g/mol. The molecule has 0 atom stereocenters. The quantitative estimate of drug-likeness (QED) is 0.531. The van der Waals surface area contributed by atoms with Crippen LogP contribution in [0.15, 0.2) is 36.4 Å². The number of amides is 2. The Morgan fingerprint density at radius 2 is 1.82 bits per heavy atom. The largest absolute Gasteiger partial charge is 0.398 e. The van der Waals surface area contributed by atoms with E-state index in [9.17, 15) is 9.59 Å². The summed E-state index contributed by atoms with van der Waals surface area (Å²) in [4.78, 5) is 26.6. The summed E-state index contributed by atoms with van der Waals surface area (Å²) in [6.07, 6.45) is 0. The van der Waals surface area contributed by atoms with Gasteiger partial charge in [0.25, 0.3) is 11.8 Å². The van der Waals surface area contributed by atoms with E-state index in [1.807, 2.05) is 13.0 Å². The second-order valence-electron chi connectivity index (χ2n) is 5.29. The van der Waals surface area contributed by atoms with Crippen molar-refractivity contribution in [2.45, 2.75) is 6.92 Å². The van der Waals surface area contributed by atoms with Crippen LogP contribution < -0.4 is 10.6 Å². The van der Waals surface area contributed by atoms with Crippen LogP contribution in [-0.4, -0.2) is 22.0 Å². The number of aryl methyl sites for hydroxylation is 1. The van der Waals surface area contributed by atoms with Gasteiger partial charge in [-0.15, -0.1) is 0 Å². The fourth-order valence-electron chi connectivity index (χ4n) is 2.85. The maximum Gasteiger partial charge on any atom is 0.267 e. The number of rotatable bonds is 1. The Balaban J connectivity index is 2.03. The van der Waals surface area contributed by atoms with E-state index in [1.54, 1.807) is 30.3 Å². The Hall–Kier alpha value is -3.15. The van der Waals surface area contributed by atoms with Crippen molar-refractivity contribution in [3.63, 3.8) is 0 Å². The van der Waals surface area contributed by atoms with E-state index >= 15 is 0 Å². The summed E-state index contributed by atoms with van der Waals surface area (Å²) >= 11 is 0. The van der Waals surface area contributed by atoms with Gasteiger partial charge in [-0.2, -0.15) is 5.10 Å². The predicted molar refractivity (Wildman–Crippen MR) is 82.8 cm³/mol. The van der Waals surface area contributed by atoms with E-state index in [-0.39, 0.29) is 11.8 Å². The number of anilines is 2. The molecule has 2 aromatic carbocycles. The standard InChI is InChI=1S/C16H12N4O2/c1-8-7-13(19-18-8)20-15(21)10-4-2-3-9-12(17)6-5-11(14(9)10)16(20)22/h2-7H,17H2,1H3,(H,18,19). The molecule has 0 radical (unpaired) electrons. The van der Waals surface area contributed by atoms with Crippen molar-refractivity contribution < 1.29 is 9.59 Å². The van der Waals surface area contributed by atoms with Crippen LogP contribution >= 0.6 is 0 Å². The SMILES string of the molecule is Cc1cc(N2C(=O)c3cccc4c(N)ccc(c34)C2=O)n[nH]1. The van der Waals surface area contributed by atoms with Gasteiger partial charge in [0.15, 0.2) is 5.82 Å². The molecule has 4 rings (SSSR count). The van der Waals surface area contributed by atoms with Crippen molar-refractivity contribution in [1.82, 2.24) is 10.2 Å². The Kier molecular flexibility index (Phi) is 2.39. The van der Waals surface area contributed by atoms with Gasteiger partial charge in [-0.05, 0) is 25.1 Å². The van der Waals surface area contributed by atoms with Crippen LogP contribution in [0.1, 0.15) is 26.4 Å². The number of aromatic amines is 1. The molecule has 0 bridgehead atoms. The zero-order chi connectivity index (χ0) is 15.4. The number of carbonyl (C=O) groups excluding carboxylic acids is 2. The van der Waals surface area contributed by atoms with Gasteiger partial charge in [0, 0.05) is 39.3 Å². The molecule has 6 heteroatoms. The van der Waals surface area contributed by atoms with Crippen molar-refractivity contribution >= 4 is 34.1 Å². The number of hydrogen-bond acceptors (Lipinski definition) is 4. The van der Waals surface area contributed by atoms with Crippen LogP contribution in [-0.2, 0) is 0 Å². The molecule has 1 aromatic heterocycles. The number of H-pyrrole nitrogens is 1. The first-order chi connectivity index (χ1) is 10.6. The van der Waals surface area contributed by atoms with Crippen LogP contribution in [0.3, 0.4) is 0 Å². The molecule has 0 saturated heterocycles. The minimum Gasteiger partial charge on any atom is -0.398 e. The lowest BCUT2D eigenvalue weighted by molar-refractivity contribution is 0.0892. The number of hydrogen-bond donors (Lipinski definition) is 2. The van der Waals surface area contributed by atoms with Crippen molar-refractivity contribution in [1.29, 1.82) is 0 Å². The number of imide groups is 1. The summed E-state index contributed by atoms with van der Waals surface area (Å²) in [7, 11) is 0. The molecule has 6 nitrogen and oxygen atoms in total. The summed E-state index contributed by atoms with van der Waals surface area (Å²) in [6, 6.07) is 10.3. The highest BCUT2D eigenvalue weighted by molar-refractivity contribution is 6.36. The van der Waals surface area contributed by atoms with E-state index < -0.39 is 0 Å². The lowest BCUT2D eigenvalue weighted by Crippen LogP contribution is -2.40. The molecule has 22 heavy (non-hydrogen) atoms. The van der Waals surface area contributed by atoms with Crippen molar-refractivity contribution in [2.24, 2.45) is 0 Å². The van der Waals surface area contributed by atoms with Crippen LogP contribution in [0.2, 0.25) is 0 Å². The van der Waals surface area contributed by atoms with Crippen molar-refractivity contribution in [3.05, 3.63) is 53.2 Å². The molecule has 0 fully saturated rings. The van der Waals surface area contributed by atoms with E-state index in [2.05, 4.69) is 10.2 Å². The maximum atomic E-state index is 12.7. The van der Waals surface area contributed by atoms with Gasteiger partial charge in [0.05, 0.1) is 0 Å². The third-order valence-corrected chi connectivity index (χ3v) is 3.86. The highest BCUT2D eigenvalue weighted by Gasteiger charge is 2.35. The van der Waals surface area contributed by atoms with Gasteiger partial charge < -0.3 is 5.73 Å². The van der Waals surface area contributed by atoms with Crippen LogP contribution in [0.5, 0.6) is 0 Å². The van der Waals surface area contributed by atoms with Gasteiger partial charge in [-0.1, -0.05) is 12.1 Å². The normalized spacial score (nSPS) is 14.0. The predicted octanol–water partition coefficient (Wildman–Crippen LogP) is 2.25. The van der Waals surface area contributed by atoms with Gasteiger partial charge in [-0.25, -0.2) is 4.90 Å². The number of aromatic nitrogens is 2. The summed E-state index contributed by atoms with van der Waals surface area (Å²) in [5.74, 6) is -0.479. The molecule has 2 heterocycles. The molecule has 1 aliphatic heterocycles. The first kappa shape index (κ1) is 12.6. The number of nitrogens with one attached hydrogen (secondary N) is 1. The van der Waals surface area contributed by atoms with Crippen molar-refractivity contribution in [2.75, 3.05) is 10.6 Å². The molecule has 0 aliphatic carbocycles. The Labute approximate surface area is 125 Å². The maximum absolute atomic E-state index is 12.7. The molecule has 1 aliphatic rings. The van der Waals surface area contributed by atoms with Crippen LogP contribution in [0, 0.1) is 6.92 Å². The molecule has 108 valence electrons. The molecule has 3 N–H and O–H groups in total. The second kappa shape index (κ2) is 4.17. The third kappa shape index (κ3) is 1.52. The number of benzene rings is 2. The lowest BCUT2D eigenvalue weighted by atomic mass is 9.93. The first-order valence-electron chi connectivity index (χ1n) is 6.80. The fourth-order valence-corrected chi connectivity index (χ4v) is 2.85. The lowest BCUT2D eigenvalue weighted by Gasteiger charge is -2.25. The van der Waals surface area contributed by atoms with E-state index in [1.165, 1.54) is 0 Å². The minimum atomic E-state index is -0.389. The molecule has 2 amide bonds. The highest BCUT2D eigenvalue weighted by atomic mass is 16.2. The number of carbonyl (C=O) groups is 2. The smallest absolute Gasteiger partial charge is 0.267 e.